The third-order valence-corrected chi connectivity index (χ3v) is 3.90. The summed E-state index contributed by atoms with van der Waals surface area (Å²) in [6.45, 7) is 1.87. The molecule has 0 aliphatic heterocycles. The van der Waals surface area contributed by atoms with E-state index in [4.69, 9.17) is 16.3 Å². The first-order valence-electron chi connectivity index (χ1n) is 7.86. The van der Waals surface area contributed by atoms with E-state index >= 15 is 0 Å². The van der Waals surface area contributed by atoms with Crippen molar-refractivity contribution in [3.63, 3.8) is 0 Å². The molecule has 2 aromatic carbocycles. The summed E-state index contributed by atoms with van der Waals surface area (Å²) in [6, 6.07) is 12.7. The number of carbonyl (C=O) groups is 1. The third kappa shape index (κ3) is 4.29. The van der Waals surface area contributed by atoms with E-state index in [9.17, 15) is 4.79 Å². The predicted molar refractivity (Wildman–Crippen MR) is 102 cm³/mol. The smallest absolute Gasteiger partial charge is 0.275 e. The fourth-order valence-corrected chi connectivity index (χ4v) is 2.54. The van der Waals surface area contributed by atoms with E-state index in [-0.39, 0.29) is 11.6 Å². The first-order chi connectivity index (χ1) is 12.5. The van der Waals surface area contributed by atoms with Crippen molar-refractivity contribution in [1.82, 2.24) is 9.97 Å². The van der Waals surface area contributed by atoms with E-state index in [1.54, 1.807) is 25.3 Å². The minimum absolute atomic E-state index is 0.218. The van der Waals surface area contributed by atoms with Crippen LogP contribution in [0.25, 0.3) is 0 Å². The van der Waals surface area contributed by atoms with Crippen LogP contribution in [0.3, 0.4) is 0 Å². The molecule has 0 fully saturated rings. The number of hydrogen-bond acceptors (Lipinski definition) is 5. The number of hydrogen-bond donors (Lipinski definition) is 2. The highest BCUT2D eigenvalue weighted by atomic mass is 35.5. The Morgan fingerprint density at radius 1 is 1.12 bits per heavy atom. The monoisotopic (exact) mass is 368 g/mol. The van der Waals surface area contributed by atoms with Gasteiger partial charge >= 0.3 is 0 Å². The van der Waals surface area contributed by atoms with Gasteiger partial charge in [0.25, 0.3) is 5.91 Å². The van der Waals surface area contributed by atoms with Crippen LogP contribution < -0.4 is 15.4 Å². The van der Waals surface area contributed by atoms with Crippen LogP contribution in [-0.4, -0.2) is 23.0 Å². The van der Waals surface area contributed by atoms with Crippen LogP contribution in [0.4, 0.5) is 17.2 Å². The number of halogens is 1. The Kier molecular flexibility index (Phi) is 5.34. The topological polar surface area (TPSA) is 76.1 Å². The molecule has 6 nitrogen and oxygen atoms in total. The zero-order valence-electron chi connectivity index (χ0n) is 14.3. The minimum atomic E-state index is -0.337. The van der Waals surface area contributed by atoms with E-state index in [1.165, 1.54) is 12.4 Å². The van der Waals surface area contributed by atoms with Gasteiger partial charge in [-0.2, -0.15) is 0 Å². The molecular weight excluding hydrogens is 352 g/mol. The van der Waals surface area contributed by atoms with Gasteiger partial charge in [-0.15, -0.1) is 0 Å². The zero-order valence-corrected chi connectivity index (χ0v) is 15.0. The first-order valence-corrected chi connectivity index (χ1v) is 8.23. The number of carbonyl (C=O) groups excluding carboxylic acids is 1. The van der Waals surface area contributed by atoms with Gasteiger partial charge in [0.05, 0.1) is 19.5 Å². The van der Waals surface area contributed by atoms with Gasteiger partial charge in [0, 0.05) is 22.5 Å². The summed E-state index contributed by atoms with van der Waals surface area (Å²) in [5, 5.41) is 6.53. The molecule has 0 spiro atoms. The summed E-state index contributed by atoms with van der Waals surface area (Å²) in [5.74, 6) is 0.922. The lowest BCUT2D eigenvalue weighted by molar-refractivity contribution is 0.102. The molecule has 1 heterocycles. The molecule has 2 N–H and O–H groups in total. The van der Waals surface area contributed by atoms with Crippen molar-refractivity contribution < 1.29 is 9.53 Å². The number of aromatic nitrogens is 2. The highest BCUT2D eigenvalue weighted by Gasteiger charge is 2.10. The largest absolute Gasteiger partial charge is 0.497 e. The van der Waals surface area contributed by atoms with Crippen LogP contribution in [-0.2, 0) is 0 Å². The summed E-state index contributed by atoms with van der Waals surface area (Å²) in [5.41, 5.74) is 2.58. The summed E-state index contributed by atoms with van der Waals surface area (Å²) >= 11 is 5.92. The number of benzene rings is 2. The molecule has 7 heteroatoms. The molecule has 0 radical (unpaired) electrons. The standard InChI is InChI=1S/C19H17ClN4O2/c1-12-8-13(20)6-7-16(12)24-19(25)17-10-22-18(11-21-17)23-14-4-3-5-15(9-14)26-2/h3-11H,1-2H3,(H,22,23)(H,24,25). The molecule has 132 valence electrons. The zero-order chi connectivity index (χ0) is 18.5. The van der Waals surface area contributed by atoms with Crippen molar-refractivity contribution in [2.24, 2.45) is 0 Å². The van der Waals surface area contributed by atoms with Gasteiger partial charge in [-0.1, -0.05) is 17.7 Å². The number of nitrogens with zero attached hydrogens (tertiary/aromatic N) is 2. The summed E-state index contributed by atoms with van der Waals surface area (Å²) in [7, 11) is 1.61. The van der Waals surface area contributed by atoms with Gasteiger partial charge in [0.2, 0.25) is 0 Å². The first kappa shape index (κ1) is 17.7. The Hall–Kier alpha value is -3.12. The van der Waals surface area contributed by atoms with Crippen molar-refractivity contribution in [1.29, 1.82) is 0 Å². The molecular formula is C19H17ClN4O2. The summed E-state index contributed by atoms with van der Waals surface area (Å²) in [4.78, 5) is 20.7. The molecule has 0 saturated heterocycles. The lowest BCUT2D eigenvalue weighted by Crippen LogP contribution is -2.15. The van der Waals surface area contributed by atoms with Gasteiger partial charge in [0.15, 0.2) is 0 Å². The van der Waals surface area contributed by atoms with Crippen molar-refractivity contribution in [3.05, 3.63) is 71.1 Å². The second kappa shape index (κ2) is 7.84. The van der Waals surface area contributed by atoms with Gasteiger partial charge in [-0.3, -0.25) is 4.79 Å². The summed E-state index contributed by atoms with van der Waals surface area (Å²) < 4.78 is 5.18. The molecule has 0 saturated carbocycles. The maximum Gasteiger partial charge on any atom is 0.275 e. The Morgan fingerprint density at radius 2 is 1.96 bits per heavy atom. The predicted octanol–water partition coefficient (Wildman–Crippen LogP) is 4.44. The van der Waals surface area contributed by atoms with E-state index in [1.807, 2.05) is 31.2 Å². The Balaban J connectivity index is 1.69. The van der Waals surface area contributed by atoms with Gasteiger partial charge in [0.1, 0.15) is 17.3 Å². The highest BCUT2D eigenvalue weighted by molar-refractivity contribution is 6.30. The number of aryl methyl sites for hydroxylation is 1. The maximum absolute atomic E-state index is 12.3. The molecule has 0 aliphatic carbocycles. The molecule has 3 aromatic rings. The van der Waals surface area contributed by atoms with Crippen molar-refractivity contribution in [3.8, 4) is 5.75 Å². The number of nitrogens with one attached hydrogen (secondary N) is 2. The molecule has 1 amide bonds. The van der Waals surface area contributed by atoms with Crippen LogP contribution in [0.1, 0.15) is 16.1 Å². The van der Waals surface area contributed by atoms with Crippen molar-refractivity contribution in [2.75, 3.05) is 17.7 Å². The molecule has 0 atom stereocenters. The SMILES string of the molecule is COc1cccc(Nc2cnc(C(=O)Nc3ccc(Cl)cc3C)cn2)c1. The van der Waals surface area contributed by atoms with E-state index in [0.29, 0.717) is 16.5 Å². The lowest BCUT2D eigenvalue weighted by atomic mass is 10.2. The Morgan fingerprint density at radius 3 is 2.65 bits per heavy atom. The lowest BCUT2D eigenvalue weighted by Gasteiger charge is -2.09. The van der Waals surface area contributed by atoms with Crippen molar-refractivity contribution >= 4 is 34.7 Å². The molecule has 0 unspecified atom stereocenters. The molecule has 3 rings (SSSR count). The Labute approximate surface area is 156 Å². The fraction of sp³-hybridized carbons (Fsp3) is 0.105. The van der Waals surface area contributed by atoms with Crippen LogP contribution in [0.2, 0.25) is 5.02 Å². The van der Waals surface area contributed by atoms with Gasteiger partial charge in [-0.05, 0) is 42.8 Å². The Bertz CT molecular complexity index is 929. The molecule has 26 heavy (non-hydrogen) atoms. The molecule has 1 aromatic heterocycles. The quantitative estimate of drug-likeness (QED) is 0.696. The van der Waals surface area contributed by atoms with E-state index in [0.717, 1.165) is 17.0 Å². The number of methoxy groups -OCH3 is 1. The maximum atomic E-state index is 12.3. The van der Waals surface area contributed by atoms with Crippen LogP contribution in [0, 0.1) is 6.92 Å². The van der Waals surface area contributed by atoms with E-state index in [2.05, 4.69) is 20.6 Å². The van der Waals surface area contributed by atoms with Gasteiger partial charge in [-0.25, -0.2) is 9.97 Å². The average Bonchev–Trinajstić information content (AvgIpc) is 2.64. The summed E-state index contributed by atoms with van der Waals surface area (Å²) in [6.07, 6.45) is 2.92. The molecule has 0 bridgehead atoms. The number of amides is 1. The van der Waals surface area contributed by atoms with Crippen LogP contribution in [0.15, 0.2) is 54.9 Å². The van der Waals surface area contributed by atoms with Crippen LogP contribution in [0.5, 0.6) is 5.75 Å². The fourth-order valence-electron chi connectivity index (χ4n) is 2.31. The number of rotatable bonds is 5. The van der Waals surface area contributed by atoms with E-state index < -0.39 is 0 Å². The second-order valence-corrected chi connectivity index (χ2v) is 5.99. The normalized spacial score (nSPS) is 10.3. The van der Waals surface area contributed by atoms with Crippen LogP contribution >= 0.6 is 11.6 Å². The van der Waals surface area contributed by atoms with Gasteiger partial charge < -0.3 is 15.4 Å². The number of anilines is 3. The number of ether oxygens (including phenoxy) is 1. The highest BCUT2D eigenvalue weighted by Crippen LogP contribution is 2.21. The second-order valence-electron chi connectivity index (χ2n) is 5.56. The molecule has 0 aliphatic rings. The third-order valence-electron chi connectivity index (χ3n) is 3.66. The minimum Gasteiger partial charge on any atom is -0.497 e. The van der Waals surface area contributed by atoms with Crippen molar-refractivity contribution in [2.45, 2.75) is 6.92 Å². The average molecular weight is 369 g/mol.